The number of carboxylic acid groups (broad SMARTS) is 1. The fourth-order valence-electron chi connectivity index (χ4n) is 2.21. The summed E-state index contributed by atoms with van der Waals surface area (Å²) in [5.41, 5.74) is -0.0424. The van der Waals surface area contributed by atoms with Crippen molar-refractivity contribution >= 4 is 17.6 Å². The molecule has 1 unspecified atom stereocenters. The molecule has 0 radical (unpaired) electrons. The van der Waals surface area contributed by atoms with Gasteiger partial charge in [0, 0.05) is 12.7 Å². The third-order valence-electron chi connectivity index (χ3n) is 3.50. The molecule has 0 saturated heterocycles. The molecule has 0 fully saturated rings. The zero-order chi connectivity index (χ0) is 13.5. The Morgan fingerprint density at radius 3 is 2.72 bits per heavy atom. The van der Waals surface area contributed by atoms with Crippen molar-refractivity contribution in [1.29, 1.82) is 0 Å². The standard InChI is InChI=1S/C13H15NO4/c1-3-13(18,12(16)17)9-4-5-10-8(6-9)7-11(15)14(10)2/h4-6,18H,3,7H2,1-2H3,(H,16,17). The van der Waals surface area contributed by atoms with E-state index in [2.05, 4.69) is 0 Å². The average molecular weight is 249 g/mol. The van der Waals surface area contributed by atoms with Crippen molar-refractivity contribution in [2.24, 2.45) is 0 Å². The third-order valence-corrected chi connectivity index (χ3v) is 3.50. The highest BCUT2D eigenvalue weighted by molar-refractivity contribution is 6.01. The molecule has 1 aliphatic heterocycles. The van der Waals surface area contributed by atoms with Crippen LogP contribution in [-0.4, -0.2) is 29.1 Å². The maximum absolute atomic E-state index is 11.5. The molecule has 2 rings (SSSR count). The summed E-state index contributed by atoms with van der Waals surface area (Å²) >= 11 is 0. The number of anilines is 1. The number of aliphatic hydroxyl groups is 1. The van der Waals surface area contributed by atoms with Gasteiger partial charge in [0.2, 0.25) is 5.91 Å². The lowest BCUT2D eigenvalue weighted by atomic mass is 9.89. The highest BCUT2D eigenvalue weighted by atomic mass is 16.4. The summed E-state index contributed by atoms with van der Waals surface area (Å²) < 4.78 is 0. The molecule has 1 aromatic carbocycles. The van der Waals surface area contributed by atoms with Gasteiger partial charge in [-0.3, -0.25) is 4.79 Å². The Kier molecular flexibility index (Phi) is 2.86. The lowest BCUT2D eigenvalue weighted by Gasteiger charge is -2.23. The van der Waals surface area contributed by atoms with E-state index in [1.807, 2.05) is 0 Å². The number of nitrogens with zero attached hydrogens (tertiary/aromatic N) is 1. The Bertz CT molecular complexity index is 526. The van der Waals surface area contributed by atoms with E-state index in [0.717, 1.165) is 11.3 Å². The number of benzene rings is 1. The van der Waals surface area contributed by atoms with Gasteiger partial charge in [0.1, 0.15) is 0 Å². The molecule has 1 amide bonds. The molecular weight excluding hydrogens is 234 g/mol. The van der Waals surface area contributed by atoms with Crippen LogP contribution in [0.25, 0.3) is 0 Å². The summed E-state index contributed by atoms with van der Waals surface area (Å²) in [6.07, 6.45) is 0.323. The van der Waals surface area contributed by atoms with Crippen LogP contribution in [0, 0.1) is 0 Å². The fraction of sp³-hybridized carbons (Fsp3) is 0.385. The minimum atomic E-state index is -1.89. The number of carboxylic acids is 1. The number of rotatable bonds is 3. The van der Waals surface area contributed by atoms with E-state index in [9.17, 15) is 14.7 Å². The van der Waals surface area contributed by atoms with Gasteiger partial charge in [0.05, 0.1) is 6.42 Å². The van der Waals surface area contributed by atoms with Crippen LogP contribution < -0.4 is 4.90 Å². The monoisotopic (exact) mass is 249 g/mol. The number of fused-ring (bicyclic) bond motifs is 1. The van der Waals surface area contributed by atoms with Crippen LogP contribution in [0.1, 0.15) is 24.5 Å². The molecule has 5 heteroatoms. The first-order valence-corrected chi connectivity index (χ1v) is 5.76. The SMILES string of the molecule is CCC(O)(C(=O)O)c1ccc2c(c1)CC(=O)N2C. The van der Waals surface area contributed by atoms with Crippen molar-refractivity contribution in [3.05, 3.63) is 29.3 Å². The summed E-state index contributed by atoms with van der Waals surface area (Å²) in [5, 5.41) is 19.2. The summed E-state index contributed by atoms with van der Waals surface area (Å²) in [6.45, 7) is 1.61. The molecule has 0 spiro atoms. The Balaban J connectivity index is 2.48. The largest absolute Gasteiger partial charge is 0.479 e. The van der Waals surface area contributed by atoms with Gasteiger partial charge in [-0.25, -0.2) is 4.79 Å². The van der Waals surface area contributed by atoms with Crippen LogP contribution >= 0.6 is 0 Å². The molecular formula is C13H15NO4. The van der Waals surface area contributed by atoms with Crippen molar-refractivity contribution in [2.45, 2.75) is 25.4 Å². The summed E-state index contributed by atoms with van der Waals surface area (Å²) in [4.78, 5) is 24.2. The van der Waals surface area contributed by atoms with E-state index in [-0.39, 0.29) is 18.7 Å². The number of hydrogen-bond acceptors (Lipinski definition) is 3. The Morgan fingerprint density at radius 2 is 2.17 bits per heavy atom. The lowest BCUT2D eigenvalue weighted by Crippen LogP contribution is -2.34. The molecule has 0 saturated carbocycles. The topological polar surface area (TPSA) is 77.8 Å². The minimum Gasteiger partial charge on any atom is -0.479 e. The number of amides is 1. The number of aliphatic carboxylic acids is 1. The summed E-state index contributed by atoms with van der Waals surface area (Å²) in [7, 11) is 1.68. The second-order valence-electron chi connectivity index (χ2n) is 4.49. The normalized spacial score (nSPS) is 17.5. The Morgan fingerprint density at radius 1 is 1.50 bits per heavy atom. The van der Waals surface area contributed by atoms with Crippen molar-refractivity contribution in [1.82, 2.24) is 0 Å². The molecule has 0 bridgehead atoms. The van der Waals surface area contributed by atoms with Crippen molar-refractivity contribution < 1.29 is 19.8 Å². The lowest BCUT2D eigenvalue weighted by molar-refractivity contribution is -0.160. The number of carbonyl (C=O) groups excluding carboxylic acids is 1. The maximum atomic E-state index is 11.5. The Hall–Kier alpha value is -1.88. The first-order valence-electron chi connectivity index (χ1n) is 5.76. The average Bonchev–Trinajstić information content (AvgIpc) is 2.63. The second kappa shape index (κ2) is 4.10. The van der Waals surface area contributed by atoms with Gasteiger partial charge in [-0.05, 0) is 29.7 Å². The molecule has 96 valence electrons. The van der Waals surface area contributed by atoms with Crippen molar-refractivity contribution in [3.63, 3.8) is 0 Å². The molecule has 18 heavy (non-hydrogen) atoms. The van der Waals surface area contributed by atoms with E-state index < -0.39 is 11.6 Å². The summed E-state index contributed by atoms with van der Waals surface area (Å²) in [5.74, 6) is -1.31. The van der Waals surface area contributed by atoms with E-state index in [4.69, 9.17) is 5.11 Å². The third kappa shape index (κ3) is 1.67. The maximum Gasteiger partial charge on any atom is 0.340 e. The zero-order valence-electron chi connectivity index (χ0n) is 10.3. The van der Waals surface area contributed by atoms with Gasteiger partial charge in [-0.15, -0.1) is 0 Å². The zero-order valence-corrected chi connectivity index (χ0v) is 10.3. The molecule has 2 N–H and O–H groups in total. The second-order valence-corrected chi connectivity index (χ2v) is 4.49. The highest BCUT2D eigenvalue weighted by Crippen LogP contribution is 2.33. The van der Waals surface area contributed by atoms with Crippen LogP contribution in [0.5, 0.6) is 0 Å². The predicted octanol–water partition coefficient (Wildman–Crippen LogP) is 0.888. The van der Waals surface area contributed by atoms with Gasteiger partial charge in [-0.1, -0.05) is 13.0 Å². The van der Waals surface area contributed by atoms with Gasteiger partial charge in [-0.2, -0.15) is 0 Å². The minimum absolute atomic E-state index is 0.0301. The van der Waals surface area contributed by atoms with E-state index in [1.165, 1.54) is 4.90 Å². The molecule has 1 atom stereocenters. The summed E-state index contributed by atoms with van der Waals surface area (Å²) in [6, 6.07) is 4.85. The molecule has 0 aliphatic carbocycles. The number of carbonyl (C=O) groups is 2. The molecule has 1 aromatic rings. The quantitative estimate of drug-likeness (QED) is 0.833. The Labute approximate surface area is 105 Å². The van der Waals surface area contributed by atoms with E-state index in [0.29, 0.717) is 5.56 Å². The molecule has 5 nitrogen and oxygen atoms in total. The van der Waals surface area contributed by atoms with Gasteiger partial charge in [0.25, 0.3) is 0 Å². The van der Waals surface area contributed by atoms with Crippen LogP contribution in [0.2, 0.25) is 0 Å². The fourth-order valence-corrected chi connectivity index (χ4v) is 2.21. The van der Waals surface area contributed by atoms with Gasteiger partial charge >= 0.3 is 5.97 Å². The van der Waals surface area contributed by atoms with Gasteiger partial charge in [0.15, 0.2) is 5.60 Å². The van der Waals surface area contributed by atoms with Crippen molar-refractivity contribution in [3.8, 4) is 0 Å². The first-order chi connectivity index (χ1) is 8.40. The van der Waals surface area contributed by atoms with E-state index in [1.54, 1.807) is 32.2 Å². The van der Waals surface area contributed by atoms with Crippen LogP contribution in [0.15, 0.2) is 18.2 Å². The van der Waals surface area contributed by atoms with Crippen molar-refractivity contribution in [2.75, 3.05) is 11.9 Å². The molecule has 0 aromatic heterocycles. The number of hydrogen-bond donors (Lipinski definition) is 2. The first kappa shape index (κ1) is 12.6. The predicted molar refractivity (Wildman–Crippen MR) is 65.4 cm³/mol. The molecule has 1 aliphatic rings. The van der Waals surface area contributed by atoms with Crippen LogP contribution in [0.4, 0.5) is 5.69 Å². The van der Waals surface area contributed by atoms with E-state index >= 15 is 0 Å². The van der Waals surface area contributed by atoms with Crippen LogP contribution in [-0.2, 0) is 21.6 Å². The highest BCUT2D eigenvalue weighted by Gasteiger charge is 2.37. The van der Waals surface area contributed by atoms with Crippen LogP contribution in [0.3, 0.4) is 0 Å². The smallest absolute Gasteiger partial charge is 0.340 e. The van der Waals surface area contributed by atoms with Gasteiger partial charge < -0.3 is 15.1 Å². The number of likely N-dealkylation sites (N-methyl/N-ethyl adjacent to an activating group) is 1. The molecule has 1 heterocycles.